The van der Waals surface area contributed by atoms with Crippen LogP contribution in [-0.2, 0) is 9.47 Å². The van der Waals surface area contributed by atoms with E-state index < -0.39 is 0 Å². The van der Waals surface area contributed by atoms with Crippen LogP contribution < -0.4 is 0 Å². The zero-order valence-corrected chi connectivity index (χ0v) is 12.5. The van der Waals surface area contributed by atoms with Crippen molar-refractivity contribution in [2.75, 3.05) is 26.4 Å². The van der Waals surface area contributed by atoms with Gasteiger partial charge in [0.15, 0.2) is 0 Å². The molecule has 19 heavy (non-hydrogen) atoms. The van der Waals surface area contributed by atoms with Gasteiger partial charge >= 0.3 is 0 Å². The largest absolute Gasteiger partial charge is 0.380 e. The van der Waals surface area contributed by atoms with Crippen LogP contribution in [0.15, 0.2) is 13.2 Å². The fourth-order valence-corrected chi connectivity index (χ4v) is 1.02. The minimum absolute atomic E-state index is 0.470. The van der Waals surface area contributed by atoms with E-state index in [9.17, 15) is 0 Å². The van der Waals surface area contributed by atoms with Gasteiger partial charge in [-0.25, -0.2) is 0 Å². The van der Waals surface area contributed by atoms with Crippen LogP contribution in [0.5, 0.6) is 0 Å². The Morgan fingerprint density at radius 2 is 1.11 bits per heavy atom. The Labute approximate surface area is 118 Å². The van der Waals surface area contributed by atoms with Crippen LogP contribution in [0.3, 0.4) is 0 Å². The molecule has 0 aromatic rings. The zero-order valence-electron chi connectivity index (χ0n) is 12.5. The average Bonchev–Trinajstić information content (AvgIpc) is 2.49. The summed E-state index contributed by atoms with van der Waals surface area (Å²) in [4.78, 5) is 0. The summed E-state index contributed by atoms with van der Waals surface area (Å²) in [5, 5.41) is 16.5. The molecule has 0 aliphatic carbocycles. The molecule has 0 bridgehead atoms. The first-order valence-electron chi connectivity index (χ1n) is 6.81. The standard InChI is InChI=1S/C11H18N2O2.C2H6.C2H4/c12-6-4-10-14-8-2-1-3-9-15-11-5-7-13;2*1-2/h1-5,8-11H2;1-2H3;1-2H2. The maximum atomic E-state index is 8.24. The number of hydrogen-bond acceptors (Lipinski definition) is 4. The van der Waals surface area contributed by atoms with Crippen molar-refractivity contribution >= 4 is 0 Å². The Bertz CT molecular complexity index is 197. The molecule has 0 heterocycles. The quantitative estimate of drug-likeness (QED) is 0.446. The first-order valence-corrected chi connectivity index (χ1v) is 6.81. The van der Waals surface area contributed by atoms with Crippen molar-refractivity contribution in [3.8, 4) is 12.1 Å². The number of rotatable bonds is 10. The lowest BCUT2D eigenvalue weighted by atomic mass is 10.2. The minimum Gasteiger partial charge on any atom is -0.380 e. The molecule has 4 nitrogen and oxygen atoms in total. The Hall–Kier alpha value is -1.36. The molecule has 0 aliphatic rings. The average molecular weight is 268 g/mol. The topological polar surface area (TPSA) is 66.0 Å². The van der Waals surface area contributed by atoms with Crippen molar-refractivity contribution in [1.29, 1.82) is 10.5 Å². The second-order valence-electron chi connectivity index (χ2n) is 3.10. The van der Waals surface area contributed by atoms with Crippen molar-refractivity contribution in [2.24, 2.45) is 0 Å². The SMILES string of the molecule is C=C.CC.N#CCCOCCCCCOCCC#N. The maximum absolute atomic E-state index is 8.24. The van der Waals surface area contributed by atoms with Crippen molar-refractivity contribution in [2.45, 2.75) is 46.0 Å². The van der Waals surface area contributed by atoms with Gasteiger partial charge in [-0.05, 0) is 19.3 Å². The summed E-state index contributed by atoms with van der Waals surface area (Å²) in [7, 11) is 0. The summed E-state index contributed by atoms with van der Waals surface area (Å²) in [6.45, 7) is 12.5. The lowest BCUT2D eigenvalue weighted by Gasteiger charge is -2.02. The van der Waals surface area contributed by atoms with Gasteiger partial charge in [0.05, 0.1) is 38.2 Å². The molecule has 0 radical (unpaired) electrons. The molecular weight excluding hydrogens is 240 g/mol. The van der Waals surface area contributed by atoms with E-state index in [1.54, 1.807) is 0 Å². The minimum atomic E-state index is 0.470. The van der Waals surface area contributed by atoms with Gasteiger partial charge in [-0.2, -0.15) is 10.5 Å². The van der Waals surface area contributed by atoms with Crippen molar-refractivity contribution in [3.63, 3.8) is 0 Å². The van der Waals surface area contributed by atoms with Gasteiger partial charge in [-0.15, -0.1) is 13.2 Å². The normalized spacial score (nSPS) is 8.00. The van der Waals surface area contributed by atoms with E-state index in [2.05, 4.69) is 13.2 Å². The lowest BCUT2D eigenvalue weighted by Crippen LogP contribution is -1.99. The molecule has 0 unspecified atom stereocenters. The van der Waals surface area contributed by atoms with Crippen LogP contribution in [0.25, 0.3) is 0 Å². The molecule has 0 atom stereocenters. The van der Waals surface area contributed by atoms with E-state index in [1.807, 2.05) is 26.0 Å². The first kappa shape index (κ1) is 22.8. The third-order valence-corrected chi connectivity index (χ3v) is 1.79. The van der Waals surface area contributed by atoms with E-state index in [1.165, 1.54) is 0 Å². The number of unbranched alkanes of at least 4 members (excludes halogenated alkanes) is 2. The van der Waals surface area contributed by atoms with E-state index in [4.69, 9.17) is 20.0 Å². The molecule has 0 aliphatic heterocycles. The monoisotopic (exact) mass is 268 g/mol. The summed E-state index contributed by atoms with van der Waals surface area (Å²) in [6.07, 6.45) is 4.02. The number of hydrogen-bond donors (Lipinski definition) is 0. The second-order valence-corrected chi connectivity index (χ2v) is 3.10. The van der Waals surface area contributed by atoms with Crippen LogP contribution in [0.2, 0.25) is 0 Å². The molecule has 4 heteroatoms. The highest BCUT2D eigenvalue weighted by molar-refractivity contribution is 4.67. The van der Waals surface area contributed by atoms with Gasteiger partial charge in [-0.1, -0.05) is 13.8 Å². The molecule has 0 aromatic carbocycles. The smallest absolute Gasteiger partial charge is 0.0645 e. The summed E-state index contributed by atoms with van der Waals surface area (Å²) >= 11 is 0. The van der Waals surface area contributed by atoms with Crippen molar-refractivity contribution in [1.82, 2.24) is 0 Å². The Morgan fingerprint density at radius 1 is 0.737 bits per heavy atom. The van der Waals surface area contributed by atoms with Gasteiger partial charge in [-0.3, -0.25) is 0 Å². The second kappa shape index (κ2) is 30.0. The first-order chi connectivity index (χ1) is 9.41. The van der Waals surface area contributed by atoms with E-state index in [-0.39, 0.29) is 0 Å². The molecule has 0 aromatic heterocycles. The Kier molecular flexibility index (Phi) is 36.0. The number of nitrogens with zero attached hydrogens (tertiary/aromatic N) is 2. The van der Waals surface area contributed by atoms with Gasteiger partial charge in [0.25, 0.3) is 0 Å². The Balaban J connectivity index is -0.000000579. The van der Waals surface area contributed by atoms with Crippen molar-refractivity contribution < 1.29 is 9.47 Å². The fraction of sp³-hybridized carbons (Fsp3) is 0.733. The van der Waals surface area contributed by atoms with Crippen LogP contribution in [0, 0.1) is 22.7 Å². The summed E-state index contributed by atoms with van der Waals surface area (Å²) in [5.41, 5.74) is 0. The molecule has 0 spiro atoms. The van der Waals surface area contributed by atoms with Crippen LogP contribution in [0.1, 0.15) is 46.0 Å². The van der Waals surface area contributed by atoms with Gasteiger partial charge in [0.1, 0.15) is 0 Å². The molecular formula is C15H28N2O2. The van der Waals surface area contributed by atoms with E-state index in [0.717, 1.165) is 32.5 Å². The predicted molar refractivity (Wildman–Crippen MR) is 78.6 cm³/mol. The Morgan fingerprint density at radius 3 is 1.42 bits per heavy atom. The summed E-state index contributed by atoms with van der Waals surface area (Å²) in [5.74, 6) is 0. The highest BCUT2D eigenvalue weighted by Gasteiger charge is 1.91. The molecule has 0 N–H and O–H groups in total. The third kappa shape index (κ3) is 31.5. The molecule has 0 amide bonds. The van der Waals surface area contributed by atoms with Crippen LogP contribution >= 0.6 is 0 Å². The molecule has 110 valence electrons. The van der Waals surface area contributed by atoms with Crippen LogP contribution in [0.4, 0.5) is 0 Å². The van der Waals surface area contributed by atoms with E-state index in [0.29, 0.717) is 26.1 Å². The number of nitriles is 2. The molecule has 0 saturated heterocycles. The van der Waals surface area contributed by atoms with Gasteiger partial charge in [0.2, 0.25) is 0 Å². The van der Waals surface area contributed by atoms with Gasteiger partial charge in [0, 0.05) is 13.2 Å². The molecule has 0 saturated carbocycles. The fourth-order valence-electron chi connectivity index (χ4n) is 1.02. The maximum Gasteiger partial charge on any atom is 0.0645 e. The van der Waals surface area contributed by atoms with E-state index >= 15 is 0 Å². The predicted octanol–water partition coefficient (Wildman–Crippen LogP) is 3.85. The number of ether oxygens (including phenoxy) is 2. The highest BCUT2D eigenvalue weighted by atomic mass is 16.5. The lowest BCUT2D eigenvalue weighted by molar-refractivity contribution is 0.119. The zero-order chi connectivity index (χ0) is 15.2. The van der Waals surface area contributed by atoms with Gasteiger partial charge < -0.3 is 9.47 Å². The molecule has 0 fully saturated rings. The van der Waals surface area contributed by atoms with Crippen LogP contribution in [-0.4, -0.2) is 26.4 Å². The summed E-state index contributed by atoms with van der Waals surface area (Å²) in [6, 6.07) is 4.05. The summed E-state index contributed by atoms with van der Waals surface area (Å²) < 4.78 is 10.4. The highest BCUT2D eigenvalue weighted by Crippen LogP contribution is 1.97. The van der Waals surface area contributed by atoms with Crippen molar-refractivity contribution in [3.05, 3.63) is 13.2 Å². The molecule has 0 rings (SSSR count). The third-order valence-electron chi connectivity index (χ3n) is 1.79.